The van der Waals surface area contributed by atoms with Crippen molar-refractivity contribution in [3.05, 3.63) is 34.3 Å². The highest BCUT2D eigenvalue weighted by Crippen LogP contribution is 2.48. The Kier molecular flexibility index (Phi) is 3.92. The number of carbonyl (C=O) groups excluding carboxylic acids is 1. The van der Waals surface area contributed by atoms with Gasteiger partial charge in [0, 0.05) is 21.7 Å². The second-order valence-electron chi connectivity index (χ2n) is 5.99. The van der Waals surface area contributed by atoms with Gasteiger partial charge in [-0.05, 0) is 56.2 Å². The third kappa shape index (κ3) is 2.80. The summed E-state index contributed by atoms with van der Waals surface area (Å²) >= 11 is 3.37. The molecule has 1 amide bonds. The highest BCUT2D eigenvalue weighted by Gasteiger charge is 2.40. The SMILES string of the molecule is C/C(=N/NC(=O)c1cccc(Br)c1)C1CC2CCC1C2. The van der Waals surface area contributed by atoms with Crippen molar-refractivity contribution in [2.75, 3.05) is 0 Å². The van der Waals surface area contributed by atoms with Gasteiger partial charge in [-0.1, -0.05) is 28.4 Å². The lowest BCUT2D eigenvalue weighted by Gasteiger charge is -2.21. The molecule has 0 spiro atoms. The van der Waals surface area contributed by atoms with Gasteiger partial charge < -0.3 is 0 Å². The number of hydrogen-bond acceptors (Lipinski definition) is 2. The summed E-state index contributed by atoms with van der Waals surface area (Å²) in [7, 11) is 0. The third-order valence-electron chi connectivity index (χ3n) is 4.70. The lowest BCUT2D eigenvalue weighted by Crippen LogP contribution is -2.24. The van der Waals surface area contributed by atoms with E-state index in [0.29, 0.717) is 11.5 Å². The molecule has 4 heteroatoms. The van der Waals surface area contributed by atoms with Crippen LogP contribution in [0.25, 0.3) is 0 Å². The maximum absolute atomic E-state index is 12.0. The van der Waals surface area contributed by atoms with Crippen molar-refractivity contribution in [2.45, 2.75) is 32.6 Å². The Labute approximate surface area is 128 Å². The van der Waals surface area contributed by atoms with E-state index in [4.69, 9.17) is 0 Å². The quantitative estimate of drug-likeness (QED) is 0.659. The molecule has 3 atom stereocenters. The number of amides is 1. The first-order chi connectivity index (χ1) is 9.63. The van der Waals surface area contributed by atoms with Gasteiger partial charge in [-0.3, -0.25) is 4.79 Å². The van der Waals surface area contributed by atoms with Crippen LogP contribution in [0.4, 0.5) is 0 Å². The fourth-order valence-corrected chi connectivity index (χ4v) is 4.07. The van der Waals surface area contributed by atoms with Crippen molar-refractivity contribution >= 4 is 27.5 Å². The summed E-state index contributed by atoms with van der Waals surface area (Å²) in [6.07, 6.45) is 5.34. The number of halogens is 1. The van der Waals surface area contributed by atoms with Gasteiger partial charge in [0.05, 0.1) is 0 Å². The maximum Gasteiger partial charge on any atom is 0.271 e. The maximum atomic E-state index is 12.0. The van der Waals surface area contributed by atoms with Crippen LogP contribution >= 0.6 is 15.9 Å². The zero-order valence-electron chi connectivity index (χ0n) is 11.6. The number of fused-ring (bicyclic) bond motifs is 2. The molecule has 20 heavy (non-hydrogen) atoms. The lowest BCUT2D eigenvalue weighted by molar-refractivity contribution is 0.0954. The van der Waals surface area contributed by atoms with E-state index in [9.17, 15) is 4.79 Å². The molecule has 106 valence electrons. The molecule has 2 aliphatic carbocycles. The van der Waals surface area contributed by atoms with Crippen molar-refractivity contribution in [3.8, 4) is 0 Å². The minimum atomic E-state index is -0.145. The molecule has 2 bridgehead atoms. The topological polar surface area (TPSA) is 41.5 Å². The van der Waals surface area contributed by atoms with Crippen molar-refractivity contribution in [2.24, 2.45) is 22.9 Å². The van der Waals surface area contributed by atoms with Gasteiger partial charge in [-0.2, -0.15) is 5.10 Å². The lowest BCUT2D eigenvalue weighted by atomic mass is 9.86. The summed E-state index contributed by atoms with van der Waals surface area (Å²) in [5.74, 6) is 2.13. The fourth-order valence-electron chi connectivity index (χ4n) is 3.67. The average molecular weight is 335 g/mol. The van der Waals surface area contributed by atoms with Crippen LogP contribution in [0.3, 0.4) is 0 Å². The van der Waals surface area contributed by atoms with Crippen molar-refractivity contribution in [1.29, 1.82) is 0 Å². The molecule has 3 unspecified atom stereocenters. The standard InChI is InChI=1S/C16H19BrN2O/c1-10(15-8-11-5-6-12(15)7-11)18-19-16(20)13-3-2-4-14(17)9-13/h2-4,9,11-12,15H,5-8H2,1H3,(H,19,20)/b18-10-. The molecule has 0 heterocycles. The summed E-state index contributed by atoms with van der Waals surface area (Å²) in [4.78, 5) is 12.0. The van der Waals surface area contributed by atoms with Gasteiger partial charge in [0.1, 0.15) is 0 Å². The van der Waals surface area contributed by atoms with Crippen LogP contribution in [0.5, 0.6) is 0 Å². The van der Waals surface area contributed by atoms with Crippen LogP contribution in [0.15, 0.2) is 33.8 Å². The number of benzene rings is 1. The Morgan fingerprint density at radius 2 is 2.20 bits per heavy atom. The largest absolute Gasteiger partial charge is 0.271 e. The molecule has 1 N–H and O–H groups in total. The molecule has 3 nitrogen and oxygen atoms in total. The number of hydrazone groups is 1. The second-order valence-corrected chi connectivity index (χ2v) is 6.90. The zero-order chi connectivity index (χ0) is 14.1. The first kappa shape index (κ1) is 13.8. The summed E-state index contributed by atoms with van der Waals surface area (Å²) in [5.41, 5.74) is 4.40. The van der Waals surface area contributed by atoms with Gasteiger partial charge in [0.15, 0.2) is 0 Å². The van der Waals surface area contributed by atoms with Gasteiger partial charge in [0.25, 0.3) is 5.91 Å². The second kappa shape index (κ2) is 5.68. The Hall–Kier alpha value is -1.16. The van der Waals surface area contributed by atoms with Crippen LogP contribution < -0.4 is 5.43 Å². The molecule has 2 fully saturated rings. The summed E-state index contributed by atoms with van der Waals surface area (Å²) in [5, 5.41) is 4.33. The molecule has 0 aromatic heterocycles. The van der Waals surface area contributed by atoms with Crippen LogP contribution in [-0.2, 0) is 0 Å². The van der Waals surface area contributed by atoms with E-state index in [1.54, 1.807) is 12.1 Å². The minimum Gasteiger partial charge on any atom is -0.267 e. The van der Waals surface area contributed by atoms with E-state index in [1.807, 2.05) is 19.1 Å². The molecule has 0 aliphatic heterocycles. The average Bonchev–Trinajstić information content (AvgIpc) is 3.07. The smallest absolute Gasteiger partial charge is 0.267 e. The zero-order valence-corrected chi connectivity index (χ0v) is 13.2. The Morgan fingerprint density at radius 1 is 1.35 bits per heavy atom. The molecule has 3 rings (SSSR count). The molecule has 1 aromatic carbocycles. The monoisotopic (exact) mass is 334 g/mol. The van der Waals surface area contributed by atoms with Crippen LogP contribution in [-0.4, -0.2) is 11.6 Å². The van der Waals surface area contributed by atoms with Crippen molar-refractivity contribution < 1.29 is 4.79 Å². The van der Waals surface area contributed by atoms with E-state index < -0.39 is 0 Å². The normalized spacial score (nSPS) is 28.7. The first-order valence-electron chi connectivity index (χ1n) is 7.23. The summed E-state index contributed by atoms with van der Waals surface area (Å²) in [6, 6.07) is 7.35. The Bertz CT molecular complexity index is 555. The van der Waals surface area contributed by atoms with E-state index >= 15 is 0 Å². The van der Waals surface area contributed by atoms with Gasteiger partial charge in [-0.15, -0.1) is 0 Å². The van der Waals surface area contributed by atoms with Crippen molar-refractivity contribution in [3.63, 3.8) is 0 Å². The highest BCUT2D eigenvalue weighted by atomic mass is 79.9. The van der Waals surface area contributed by atoms with Gasteiger partial charge in [-0.25, -0.2) is 5.43 Å². The number of rotatable bonds is 3. The van der Waals surface area contributed by atoms with Gasteiger partial charge in [0.2, 0.25) is 0 Å². The van der Waals surface area contributed by atoms with Crippen LogP contribution in [0.1, 0.15) is 43.0 Å². The van der Waals surface area contributed by atoms with E-state index in [0.717, 1.165) is 22.0 Å². The molecule has 2 aliphatic rings. The number of nitrogens with one attached hydrogen (secondary N) is 1. The molecule has 0 saturated heterocycles. The van der Waals surface area contributed by atoms with Crippen LogP contribution in [0, 0.1) is 17.8 Å². The Balaban J connectivity index is 1.63. The molecule has 0 radical (unpaired) electrons. The molecule has 2 saturated carbocycles. The first-order valence-corrected chi connectivity index (χ1v) is 8.03. The molecular formula is C16H19BrN2O. The van der Waals surface area contributed by atoms with Gasteiger partial charge >= 0.3 is 0 Å². The van der Waals surface area contributed by atoms with E-state index in [1.165, 1.54) is 25.7 Å². The van der Waals surface area contributed by atoms with Crippen LogP contribution in [0.2, 0.25) is 0 Å². The number of hydrogen-bond donors (Lipinski definition) is 1. The van der Waals surface area contributed by atoms with E-state index in [-0.39, 0.29) is 5.91 Å². The summed E-state index contributed by atoms with van der Waals surface area (Å²) < 4.78 is 0.902. The molecular weight excluding hydrogens is 316 g/mol. The third-order valence-corrected chi connectivity index (χ3v) is 5.19. The highest BCUT2D eigenvalue weighted by molar-refractivity contribution is 9.10. The fraction of sp³-hybridized carbons (Fsp3) is 0.500. The summed E-state index contributed by atoms with van der Waals surface area (Å²) in [6.45, 7) is 2.05. The van der Waals surface area contributed by atoms with Crippen molar-refractivity contribution in [1.82, 2.24) is 5.43 Å². The predicted octanol–water partition coefficient (Wildman–Crippen LogP) is 3.99. The number of carbonyl (C=O) groups is 1. The number of nitrogens with zero attached hydrogens (tertiary/aromatic N) is 1. The van der Waals surface area contributed by atoms with E-state index in [2.05, 4.69) is 26.5 Å². The predicted molar refractivity (Wildman–Crippen MR) is 83.7 cm³/mol. The minimum absolute atomic E-state index is 0.145. The Morgan fingerprint density at radius 3 is 2.85 bits per heavy atom. The molecule has 1 aromatic rings.